The summed E-state index contributed by atoms with van der Waals surface area (Å²) >= 11 is 1.02. The third-order valence-electron chi connectivity index (χ3n) is 3.14. The van der Waals surface area contributed by atoms with Gasteiger partial charge in [0.25, 0.3) is 10.0 Å². The van der Waals surface area contributed by atoms with E-state index in [4.69, 9.17) is 10.8 Å². The minimum Gasteiger partial charge on any atom is -0.481 e. The van der Waals surface area contributed by atoms with E-state index in [-0.39, 0.29) is 16.5 Å². The van der Waals surface area contributed by atoms with E-state index in [0.29, 0.717) is 24.5 Å². The lowest BCUT2D eigenvalue weighted by Gasteiger charge is -2.14. The van der Waals surface area contributed by atoms with Crippen molar-refractivity contribution < 1.29 is 18.3 Å². The first-order chi connectivity index (χ1) is 8.93. The highest BCUT2D eigenvalue weighted by Crippen LogP contribution is 2.28. The summed E-state index contributed by atoms with van der Waals surface area (Å²) in [6.45, 7) is 1.42. The number of hydrogen-bond acceptors (Lipinski definition) is 5. The van der Waals surface area contributed by atoms with Crippen molar-refractivity contribution in [3.63, 3.8) is 0 Å². The van der Waals surface area contributed by atoms with Gasteiger partial charge in [-0.15, -0.1) is 11.3 Å². The Hall–Kier alpha value is -0.960. The molecule has 0 aromatic carbocycles. The molecule has 0 radical (unpaired) electrons. The molecule has 0 spiro atoms. The number of nitrogens with zero attached hydrogens (tertiary/aromatic N) is 1. The first kappa shape index (κ1) is 14.4. The Morgan fingerprint density at radius 1 is 1.53 bits per heavy atom. The second-order valence-corrected chi connectivity index (χ2v) is 7.88. The van der Waals surface area contributed by atoms with Crippen LogP contribution in [0.15, 0.2) is 16.3 Å². The van der Waals surface area contributed by atoms with Crippen molar-refractivity contribution >= 4 is 27.3 Å². The number of sulfonamides is 1. The number of carboxylic acids is 1. The summed E-state index contributed by atoms with van der Waals surface area (Å²) < 4.78 is 26.3. The molecule has 8 heteroatoms. The predicted molar refractivity (Wildman–Crippen MR) is 71.6 cm³/mol. The average Bonchev–Trinajstić information content (AvgIpc) is 2.96. The molecule has 1 aromatic heterocycles. The molecular weight excluding hydrogens is 288 g/mol. The van der Waals surface area contributed by atoms with Crippen LogP contribution in [0.3, 0.4) is 0 Å². The van der Waals surface area contributed by atoms with Crippen LogP contribution in [-0.4, -0.2) is 43.4 Å². The second-order valence-electron chi connectivity index (χ2n) is 4.54. The zero-order valence-corrected chi connectivity index (χ0v) is 11.9. The zero-order valence-electron chi connectivity index (χ0n) is 10.3. The Kier molecular flexibility index (Phi) is 4.24. The highest BCUT2D eigenvalue weighted by Gasteiger charge is 2.32. The van der Waals surface area contributed by atoms with E-state index >= 15 is 0 Å². The number of rotatable bonds is 5. The number of nitrogens with two attached hydrogens (primary N) is 1. The topological polar surface area (TPSA) is 101 Å². The summed E-state index contributed by atoms with van der Waals surface area (Å²) in [5, 5.41) is 8.69. The molecule has 0 aliphatic carbocycles. The Labute approximate surface area is 115 Å². The molecular formula is C11H16N2O4S2. The van der Waals surface area contributed by atoms with Gasteiger partial charge in [0.05, 0.1) is 6.42 Å². The van der Waals surface area contributed by atoms with Gasteiger partial charge >= 0.3 is 5.97 Å². The largest absolute Gasteiger partial charge is 0.481 e. The minimum atomic E-state index is -3.49. The third-order valence-corrected chi connectivity index (χ3v) is 6.56. The molecule has 1 saturated heterocycles. The molecule has 1 fully saturated rings. The molecule has 1 atom stereocenters. The Morgan fingerprint density at radius 3 is 2.84 bits per heavy atom. The van der Waals surface area contributed by atoms with Crippen LogP contribution in [0.2, 0.25) is 0 Å². The van der Waals surface area contributed by atoms with Crippen molar-refractivity contribution in [2.45, 2.75) is 17.1 Å². The second kappa shape index (κ2) is 5.58. The van der Waals surface area contributed by atoms with Gasteiger partial charge in [-0.3, -0.25) is 4.79 Å². The molecule has 2 rings (SSSR count). The molecule has 1 aromatic rings. The van der Waals surface area contributed by atoms with E-state index in [1.54, 1.807) is 6.07 Å². The summed E-state index contributed by atoms with van der Waals surface area (Å²) in [4.78, 5) is 11.1. The number of carbonyl (C=O) groups is 1. The lowest BCUT2D eigenvalue weighted by atomic mass is 10.1. The molecule has 1 aliphatic rings. The molecule has 19 heavy (non-hydrogen) atoms. The minimum absolute atomic E-state index is 0.147. The van der Waals surface area contributed by atoms with E-state index in [0.717, 1.165) is 17.8 Å². The van der Waals surface area contributed by atoms with Gasteiger partial charge in [0.1, 0.15) is 4.21 Å². The lowest BCUT2D eigenvalue weighted by Crippen LogP contribution is -2.29. The van der Waals surface area contributed by atoms with Gasteiger partial charge in [0.2, 0.25) is 0 Å². The number of carboxylic acid groups (broad SMARTS) is 1. The van der Waals surface area contributed by atoms with Gasteiger partial charge in [-0.1, -0.05) is 0 Å². The van der Waals surface area contributed by atoms with E-state index in [2.05, 4.69) is 0 Å². The van der Waals surface area contributed by atoms with Gasteiger partial charge in [-0.25, -0.2) is 8.42 Å². The normalized spacial score (nSPS) is 20.8. The average molecular weight is 304 g/mol. The fraction of sp³-hybridized carbons (Fsp3) is 0.545. The van der Waals surface area contributed by atoms with Crippen molar-refractivity contribution in [2.75, 3.05) is 19.6 Å². The van der Waals surface area contributed by atoms with Gasteiger partial charge < -0.3 is 10.8 Å². The van der Waals surface area contributed by atoms with Gasteiger partial charge in [-0.05, 0) is 31.0 Å². The maximum Gasteiger partial charge on any atom is 0.308 e. The lowest BCUT2D eigenvalue weighted by molar-refractivity contribution is -0.136. The molecule has 0 bridgehead atoms. The molecule has 0 amide bonds. The quantitative estimate of drug-likeness (QED) is 0.817. The highest BCUT2D eigenvalue weighted by atomic mass is 32.2. The summed E-state index contributed by atoms with van der Waals surface area (Å²) in [7, 11) is -3.49. The standard InChI is InChI=1S/C11H16N2O4S2/c12-6-8-3-4-13(7-8)19(16,17)11-2-1-9(18-11)5-10(14)15/h1-2,8H,3-7,12H2,(H,14,15). The predicted octanol–water partition coefficient (Wildman–Crippen LogP) is 0.345. The van der Waals surface area contributed by atoms with Crippen molar-refractivity contribution in [1.29, 1.82) is 0 Å². The molecule has 3 N–H and O–H groups in total. The SMILES string of the molecule is NCC1CCN(S(=O)(=O)c2ccc(CC(=O)O)s2)C1. The van der Waals surface area contributed by atoms with Crippen LogP contribution in [0.25, 0.3) is 0 Å². The molecule has 2 heterocycles. The van der Waals surface area contributed by atoms with Crippen LogP contribution in [0.4, 0.5) is 0 Å². The third kappa shape index (κ3) is 3.14. The van der Waals surface area contributed by atoms with Crippen LogP contribution in [0.5, 0.6) is 0 Å². The van der Waals surface area contributed by atoms with E-state index in [1.165, 1.54) is 10.4 Å². The monoisotopic (exact) mass is 304 g/mol. The van der Waals surface area contributed by atoms with Gasteiger partial charge in [0.15, 0.2) is 0 Å². The fourth-order valence-corrected chi connectivity index (χ4v) is 5.11. The van der Waals surface area contributed by atoms with Crippen molar-refractivity contribution in [1.82, 2.24) is 4.31 Å². The summed E-state index contributed by atoms with van der Waals surface area (Å²) in [5.74, 6) is -0.747. The summed E-state index contributed by atoms with van der Waals surface area (Å²) in [6.07, 6.45) is 0.634. The Bertz CT molecular complexity index is 567. The van der Waals surface area contributed by atoms with Crippen LogP contribution < -0.4 is 5.73 Å². The summed E-state index contributed by atoms with van der Waals surface area (Å²) in [6, 6.07) is 3.04. The van der Waals surface area contributed by atoms with Crippen molar-refractivity contribution in [2.24, 2.45) is 11.7 Å². The van der Waals surface area contributed by atoms with Crippen molar-refractivity contribution in [3.05, 3.63) is 17.0 Å². The highest BCUT2D eigenvalue weighted by molar-refractivity contribution is 7.91. The van der Waals surface area contributed by atoms with Crippen molar-refractivity contribution in [3.8, 4) is 0 Å². The molecule has 1 aliphatic heterocycles. The van der Waals surface area contributed by atoms with E-state index in [1.807, 2.05) is 0 Å². The van der Waals surface area contributed by atoms with Crippen LogP contribution >= 0.6 is 11.3 Å². The first-order valence-electron chi connectivity index (χ1n) is 5.94. The van der Waals surface area contributed by atoms with Crippen LogP contribution in [0, 0.1) is 5.92 Å². The summed E-state index contributed by atoms with van der Waals surface area (Å²) in [5.41, 5.74) is 5.55. The zero-order chi connectivity index (χ0) is 14.0. The van der Waals surface area contributed by atoms with Gasteiger partial charge in [-0.2, -0.15) is 4.31 Å². The number of thiophene rings is 1. The van der Waals surface area contributed by atoms with E-state index < -0.39 is 16.0 Å². The smallest absolute Gasteiger partial charge is 0.308 e. The molecule has 6 nitrogen and oxygen atoms in total. The molecule has 1 unspecified atom stereocenters. The van der Waals surface area contributed by atoms with E-state index in [9.17, 15) is 13.2 Å². The molecule has 0 saturated carbocycles. The number of aliphatic carboxylic acids is 1. The fourth-order valence-electron chi connectivity index (χ4n) is 2.08. The van der Waals surface area contributed by atoms with Crippen LogP contribution in [-0.2, 0) is 21.2 Å². The van der Waals surface area contributed by atoms with Gasteiger partial charge in [0, 0.05) is 18.0 Å². The Balaban J connectivity index is 2.16. The maximum absolute atomic E-state index is 12.3. The number of hydrogen-bond donors (Lipinski definition) is 2. The first-order valence-corrected chi connectivity index (χ1v) is 8.20. The molecule has 106 valence electrons. The maximum atomic E-state index is 12.3. The Morgan fingerprint density at radius 2 is 2.26 bits per heavy atom. The van der Waals surface area contributed by atoms with Crippen LogP contribution in [0.1, 0.15) is 11.3 Å².